The van der Waals surface area contributed by atoms with Gasteiger partial charge in [-0.2, -0.15) is 4.31 Å². The maximum absolute atomic E-state index is 13.0. The molecule has 3 rings (SSSR count). The van der Waals surface area contributed by atoms with Gasteiger partial charge < -0.3 is 10.1 Å². The van der Waals surface area contributed by atoms with Crippen LogP contribution in [0, 0.1) is 11.7 Å². The Morgan fingerprint density at radius 2 is 1.67 bits per heavy atom. The van der Waals surface area contributed by atoms with Crippen LogP contribution >= 0.6 is 0 Å². The summed E-state index contributed by atoms with van der Waals surface area (Å²) in [6.07, 6.45) is 0.677. The van der Waals surface area contributed by atoms with E-state index in [0.29, 0.717) is 12.8 Å². The molecule has 1 saturated heterocycles. The van der Waals surface area contributed by atoms with Crippen LogP contribution < -0.4 is 5.32 Å². The molecule has 0 unspecified atom stereocenters. The van der Waals surface area contributed by atoms with Crippen LogP contribution in [-0.4, -0.2) is 44.2 Å². The lowest BCUT2D eigenvalue weighted by molar-refractivity contribution is -0.145. The van der Waals surface area contributed by atoms with Gasteiger partial charge in [0.25, 0.3) is 0 Å². The first-order valence-corrected chi connectivity index (χ1v) is 11.0. The molecule has 1 aliphatic rings. The second kappa shape index (κ2) is 9.82. The average Bonchev–Trinajstić information content (AvgIpc) is 2.77. The van der Waals surface area contributed by atoms with Crippen LogP contribution in [0.3, 0.4) is 0 Å². The van der Waals surface area contributed by atoms with Crippen LogP contribution in [0.4, 0.5) is 4.39 Å². The standard InChI is InChI=1S/C21H23FN2O5S/c22-18-6-8-19(9-7-18)30(27,28)24-12-10-17(11-13-24)21(26)23-14-20(25)29-15-16-4-2-1-3-5-16/h1-9,17H,10-15H2,(H,23,26). The number of nitrogens with one attached hydrogen (secondary N) is 1. The fourth-order valence-electron chi connectivity index (χ4n) is 3.21. The Morgan fingerprint density at radius 3 is 2.30 bits per heavy atom. The van der Waals surface area contributed by atoms with E-state index in [2.05, 4.69) is 5.32 Å². The maximum Gasteiger partial charge on any atom is 0.325 e. The second-order valence-corrected chi connectivity index (χ2v) is 8.93. The number of hydrogen-bond donors (Lipinski definition) is 1. The minimum Gasteiger partial charge on any atom is -0.460 e. The fourth-order valence-corrected chi connectivity index (χ4v) is 4.68. The predicted molar refractivity (Wildman–Crippen MR) is 107 cm³/mol. The van der Waals surface area contributed by atoms with Gasteiger partial charge in [-0.05, 0) is 42.7 Å². The minimum absolute atomic E-state index is 0.0213. The highest BCUT2D eigenvalue weighted by atomic mass is 32.2. The molecule has 0 aromatic heterocycles. The number of rotatable bonds is 7. The number of carbonyl (C=O) groups excluding carboxylic acids is 2. The molecular weight excluding hydrogens is 411 g/mol. The van der Waals surface area contributed by atoms with Gasteiger partial charge in [-0.3, -0.25) is 9.59 Å². The van der Waals surface area contributed by atoms with E-state index in [9.17, 15) is 22.4 Å². The van der Waals surface area contributed by atoms with Crippen LogP contribution in [-0.2, 0) is 31.0 Å². The zero-order valence-electron chi connectivity index (χ0n) is 16.3. The van der Waals surface area contributed by atoms with Gasteiger partial charge in [0, 0.05) is 19.0 Å². The minimum atomic E-state index is -3.73. The average molecular weight is 434 g/mol. The van der Waals surface area contributed by atoms with Crippen molar-refractivity contribution in [2.24, 2.45) is 5.92 Å². The zero-order chi connectivity index (χ0) is 21.6. The molecule has 1 aliphatic heterocycles. The van der Waals surface area contributed by atoms with Crippen molar-refractivity contribution >= 4 is 21.9 Å². The van der Waals surface area contributed by atoms with E-state index in [1.165, 1.54) is 16.4 Å². The number of halogens is 1. The number of sulfonamides is 1. The van der Waals surface area contributed by atoms with Crippen LogP contribution in [0.15, 0.2) is 59.5 Å². The molecule has 30 heavy (non-hydrogen) atoms. The smallest absolute Gasteiger partial charge is 0.325 e. The third-order valence-electron chi connectivity index (χ3n) is 4.93. The molecule has 160 valence electrons. The van der Waals surface area contributed by atoms with Gasteiger partial charge in [0.2, 0.25) is 15.9 Å². The Labute approximate surface area is 174 Å². The molecule has 1 amide bonds. The van der Waals surface area contributed by atoms with Crippen molar-refractivity contribution in [1.82, 2.24) is 9.62 Å². The molecule has 1 heterocycles. The summed E-state index contributed by atoms with van der Waals surface area (Å²) in [5.41, 5.74) is 0.854. The largest absolute Gasteiger partial charge is 0.460 e. The topological polar surface area (TPSA) is 92.8 Å². The third-order valence-corrected chi connectivity index (χ3v) is 6.84. The summed E-state index contributed by atoms with van der Waals surface area (Å²) in [6.45, 7) is 0.251. The summed E-state index contributed by atoms with van der Waals surface area (Å²) in [5.74, 6) is -1.73. The summed E-state index contributed by atoms with van der Waals surface area (Å²) in [7, 11) is -3.73. The van der Waals surface area contributed by atoms with E-state index < -0.39 is 21.8 Å². The lowest BCUT2D eigenvalue weighted by Crippen LogP contribution is -2.44. The fraction of sp³-hybridized carbons (Fsp3) is 0.333. The van der Waals surface area contributed by atoms with Crippen molar-refractivity contribution in [2.45, 2.75) is 24.3 Å². The Kier molecular flexibility index (Phi) is 7.17. The van der Waals surface area contributed by atoms with Crippen molar-refractivity contribution < 1.29 is 27.1 Å². The highest BCUT2D eigenvalue weighted by Crippen LogP contribution is 2.24. The molecule has 7 nitrogen and oxygen atoms in total. The lowest BCUT2D eigenvalue weighted by atomic mass is 9.97. The first-order chi connectivity index (χ1) is 14.4. The number of nitrogens with zero attached hydrogens (tertiary/aromatic N) is 1. The highest BCUT2D eigenvalue weighted by molar-refractivity contribution is 7.89. The van der Waals surface area contributed by atoms with Crippen molar-refractivity contribution in [2.75, 3.05) is 19.6 Å². The molecule has 1 fully saturated rings. The normalized spacial score (nSPS) is 15.5. The van der Waals surface area contributed by atoms with E-state index in [0.717, 1.165) is 17.7 Å². The molecule has 9 heteroatoms. The maximum atomic E-state index is 13.0. The Morgan fingerprint density at radius 1 is 1.03 bits per heavy atom. The van der Waals surface area contributed by atoms with Gasteiger partial charge in [-0.15, -0.1) is 0 Å². The van der Waals surface area contributed by atoms with Crippen LogP contribution in [0.25, 0.3) is 0 Å². The van der Waals surface area contributed by atoms with Crippen molar-refractivity contribution in [3.8, 4) is 0 Å². The molecule has 0 spiro atoms. The number of hydrogen-bond acceptors (Lipinski definition) is 5. The van der Waals surface area contributed by atoms with Crippen LogP contribution in [0.5, 0.6) is 0 Å². The van der Waals surface area contributed by atoms with E-state index in [1.807, 2.05) is 30.3 Å². The van der Waals surface area contributed by atoms with Gasteiger partial charge in [-0.25, -0.2) is 12.8 Å². The quantitative estimate of drug-likeness (QED) is 0.674. The van der Waals surface area contributed by atoms with Gasteiger partial charge in [0.1, 0.15) is 19.0 Å². The summed E-state index contributed by atoms with van der Waals surface area (Å²) in [6, 6.07) is 13.9. The molecule has 0 bridgehead atoms. The van der Waals surface area contributed by atoms with Crippen molar-refractivity contribution in [1.29, 1.82) is 0 Å². The molecular formula is C21H23FN2O5S. The first kappa shape index (κ1) is 21.9. The molecule has 0 saturated carbocycles. The number of ether oxygens (including phenoxy) is 1. The number of benzene rings is 2. The monoisotopic (exact) mass is 434 g/mol. The summed E-state index contributed by atoms with van der Waals surface area (Å²) in [5, 5.41) is 2.56. The molecule has 2 aromatic carbocycles. The van der Waals surface area contributed by atoms with Crippen LogP contribution in [0.1, 0.15) is 18.4 Å². The number of piperidine rings is 1. The summed E-state index contributed by atoms with van der Waals surface area (Å²) in [4.78, 5) is 24.2. The number of amides is 1. The molecule has 1 N–H and O–H groups in total. The molecule has 0 atom stereocenters. The Hall–Kier alpha value is -2.78. The molecule has 0 aliphatic carbocycles. The number of esters is 1. The highest BCUT2D eigenvalue weighted by Gasteiger charge is 2.32. The van der Waals surface area contributed by atoms with Crippen LogP contribution in [0.2, 0.25) is 0 Å². The van der Waals surface area contributed by atoms with E-state index in [1.54, 1.807) is 0 Å². The van der Waals surface area contributed by atoms with Gasteiger partial charge >= 0.3 is 5.97 Å². The summed E-state index contributed by atoms with van der Waals surface area (Å²) >= 11 is 0. The van der Waals surface area contributed by atoms with Gasteiger partial charge in [-0.1, -0.05) is 30.3 Å². The predicted octanol–water partition coefficient (Wildman–Crippen LogP) is 2.09. The second-order valence-electron chi connectivity index (χ2n) is 7.00. The molecule has 0 radical (unpaired) electrons. The SMILES string of the molecule is O=C(CNC(=O)C1CCN(S(=O)(=O)c2ccc(F)cc2)CC1)OCc1ccccc1. The van der Waals surface area contributed by atoms with Gasteiger partial charge in [0.05, 0.1) is 4.90 Å². The van der Waals surface area contributed by atoms with E-state index >= 15 is 0 Å². The first-order valence-electron chi connectivity index (χ1n) is 9.59. The zero-order valence-corrected chi connectivity index (χ0v) is 17.1. The van der Waals surface area contributed by atoms with Crippen molar-refractivity contribution in [3.63, 3.8) is 0 Å². The number of carbonyl (C=O) groups is 2. The summed E-state index contributed by atoms with van der Waals surface area (Å²) < 4.78 is 44.7. The van der Waals surface area contributed by atoms with Crippen molar-refractivity contribution in [3.05, 3.63) is 66.0 Å². The van der Waals surface area contributed by atoms with Gasteiger partial charge in [0.15, 0.2) is 0 Å². The van der Waals surface area contributed by atoms with E-state index in [-0.39, 0.29) is 43.0 Å². The lowest BCUT2D eigenvalue weighted by Gasteiger charge is -2.30. The third kappa shape index (κ3) is 5.64. The Bertz CT molecular complexity index is 972. The molecule has 2 aromatic rings. The Balaban J connectivity index is 1.43. The van der Waals surface area contributed by atoms with E-state index in [4.69, 9.17) is 4.74 Å².